The first-order valence-electron chi connectivity index (χ1n) is 4.98. The number of benzene rings is 1. The molecule has 1 aromatic carbocycles. The summed E-state index contributed by atoms with van der Waals surface area (Å²) in [4.78, 5) is 24.3. The third kappa shape index (κ3) is 2.67. The highest BCUT2D eigenvalue weighted by Crippen LogP contribution is 2.15. The van der Waals surface area contributed by atoms with E-state index in [1.807, 2.05) is 0 Å². The van der Waals surface area contributed by atoms with Gasteiger partial charge < -0.3 is 0 Å². The Bertz CT molecular complexity index is 420. The van der Waals surface area contributed by atoms with E-state index in [1.165, 1.54) is 0 Å². The number of nitriles is 1. The van der Waals surface area contributed by atoms with Crippen LogP contribution in [0.2, 0.25) is 0 Å². The van der Waals surface area contributed by atoms with Crippen molar-refractivity contribution in [2.75, 3.05) is 4.90 Å². The van der Waals surface area contributed by atoms with E-state index in [1.54, 1.807) is 43.3 Å². The first-order valence-corrected chi connectivity index (χ1v) is 4.98. The van der Waals surface area contributed by atoms with Gasteiger partial charge in [-0.1, -0.05) is 25.1 Å². The molecule has 1 rings (SSSR count). The minimum Gasteiger partial charge on any atom is -0.274 e. The zero-order valence-electron chi connectivity index (χ0n) is 9.01. The Labute approximate surface area is 94.1 Å². The zero-order valence-corrected chi connectivity index (χ0v) is 9.01. The van der Waals surface area contributed by atoms with E-state index in [2.05, 4.69) is 0 Å². The van der Waals surface area contributed by atoms with Crippen molar-refractivity contribution in [3.8, 4) is 6.07 Å². The molecule has 82 valence electrons. The Hall–Kier alpha value is -2.15. The number of hydrogen-bond acceptors (Lipinski definition) is 3. The molecule has 0 radical (unpaired) electrons. The fourth-order valence-corrected chi connectivity index (χ4v) is 1.31. The maximum Gasteiger partial charge on any atom is 0.247 e. The van der Waals surface area contributed by atoms with Gasteiger partial charge in [0, 0.05) is 6.42 Å². The molecule has 0 atom stereocenters. The summed E-state index contributed by atoms with van der Waals surface area (Å²) in [6, 6.07) is 10.4. The van der Waals surface area contributed by atoms with Gasteiger partial charge in [-0.2, -0.15) is 5.26 Å². The van der Waals surface area contributed by atoms with E-state index >= 15 is 0 Å². The van der Waals surface area contributed by atoms with Crippen LogP contribution in [0.4, 0.5) is 5.69 Å². The van der Waals surface area contributed by atoms with Crippen molar-refractivity contribution in [3.05, 3.63) is 30.3 Å². The summed E-state index contributed by atoms with van der Waals surface area (Å²) < 4.78 is 0. The third-order valence-corrected chi connectivity index (χ3v) is 2.05. The summed E-state index contributed by atoms with van der Waals surface area (Å²) in [5.74, 6) is -0.785. The molecule has 0 aromatic heterocycles. The van der Waals surface area contributed by atoms with Crippen LogP contribution in [0, 0.1) is 11.3 Å². The summed E-state index contributed by atoms with van der Waals surface area (Å²) in [5, 5.41) is 8.48. The van der Waals surface area contributed by atoms with E-state index in [-0.39, 0.29) is 18.7 Å². The van der Waals surface area contributed by atoms with Crippen LogP contribution in [0.25, 0.3) is 0 Å². The first-order chi connectivity index (χ1) is 7.70. The molecule has 0 spiro atoms. The van der Waals surface area contributed by atoms with Gasteiger partial charge in [0.15, 0.2) is 0 Å². The fourth-order valence-electron chi connectivity index (χ4n) is 1.31. The number of carbonyl (C=O) groups is 2. The molecule has 0 N–H and O–H groups in total. The Morgan fingerprint density at radius 1 is 1.25 bits per heavy atom. The molecule has 0 aliphatic heterocycles. The van der Waals surface area contributed by atoms with E-state index in [9.17, 15) is 9.59 Å². The van der Waals surface area contributed by atoms with Crippen molar-refractivity contribution in [3.63, 3.8) is 0 Å². The monoisotopic (exact) mass is 216 g/mol. The van der Waals surface area contributed by atoms with Crippen molar-refractivity contribution in [2.24, 2.45) is 0 Å². The molecule has 16 heavy (non-hydrogen) atoms. The lowest BCUT2D eigenvalue weighted by Crippen LogP contribution is -2.36. The molecule has 0 fully saturated rings. The van der Waals surface area contributed by atoms with Crippen molar-refractivity contribution in [1.29, 1.82) is 5.26 Å². The van der Waals surface area contributed by atoms with Crippen molar-refractivity contribution >= 4 is 17.5 Å². The van der Waals surface area contributed by atoms with E-state index in [0.29, 0.717) is 5.69 Å². The SMILES string of the molecule is CCC(=O)N(C(=O)CC#N)c1ccccc1. The van der Waals surface area contributed by atoms with Crippen LogP contribution in [0.15, 0.2) is 30.3 Å². The number of carbonyl (C=O) groups excluding carboxylic acids is 2. The van der Waals surface area contributed by atoms with Gasteiger partial charge in [-0.25, -0.2) is 4.90 Å². The van der Waals surface area contributed by atoms with Gasteiger partial charge in [-0.05, 0) is 12.1 Å². The van der Waals surface area contributed by atoms with Crippen LogP contribution in [0.1, 0.15) is 19.8 Å². The smallest absolute Gasteiger partial charge is 0.247 e. The number of anilines is 1. The van der Waals surface area contributed by atoms with Gasteiger partial charge in [0.25, 0.3) is 0 Å². The van der Waals surface area contributed by atoms with Crippen molar-refractivity contribution in [2.45, 2.75) is 19.8 Å². The second-order valence-corrected chi connectivity index (χ2v) is 3.15. The predicted molar refractivity (Wildman–Crippen MR) is 59.5 cm³/mol. The first kappa shape index (κ1) is 11.9. The summed E-state index contributed by atoms with van der Waals surface area (Å²) in [6.45, 7) is 1.68. The highest BCUT2D eigenvalue weighted by atomic mass is 16.2. The number of hydrogen-bond donors (Lipinski definition) is 0. The molecule has 0 saturated heterocycles. The Morgan fingerprint density at radius 2 is 1.88 bits per heavy atom. The van der Waals surface area contributed by atoms with Gasteiger partial charge >= 0.3 is 0 Å². The molecule has 0 saturated carbocycles. The lowest BCUT2D eigenvalue weighted by molar-refractivity contribution is -0.125. The Kier molecular flexibility index (Phi) is 4.22. The summed E-state index contributed by atoms with van der Waals surface area (Å²) >= 11 is 0. The summed E-state index contributed by atoms with van der Waals surface area (Å²) in [7, 11) is 0. The Balaban J connectivity index is 3.02. The maximum atomic E-state index is 11.6. The normalized spacial score (nSPS) is 9.25. The zero-order chi connectivity index (χ0) is 12.0. The molecule has 0 unspecified atom stereocenters. The van der Waals surface area contributed by atoms with Crippen LogP contribution in [-0.4, -0.2) is 11.8 Å². The van der Waals surface area contributed by atoms with Gasteiger partial charge in [0.1, 0.15) is 6.42 Å². The summed E-state index contributed by atoms with van der Waals surface area (Å²) in [5.41, 5.74) is 0.509. The molecule has 0 bridgehead atoms. The van der Waals surface area contributed by atoms with Gasteiger partial charge in [-0.15, -0.1) is 0 Å². The third-order valence-electron chi connectivity index (χ3n) is 2.05. The minimum atomic E-state index is -0.486. The molecular weight excluding hydrogens is 204 g/mol. The quantitative estimate of drug-likeness (QED) is 0.774. The topological polar surface area (TPSA) is 61.2 Å². The summed E-state index contributed by atoms with van der Waals surface area (Å²) in [6.07, 6.45) is -0.0628. The molecule has 0 heterocycles. The molecule has 0 aliphatic carbocycles. The molecule has 4 heteroatoms. The van der Waals surface area contributed by atoms with Gasteiger partial charge in [0.2, 0.25) is 11.8 Å². The number of rotatable bonds is 3. The lowest BCUT2D eigenvalue weighted by Gasteiger charge is -2.18. The van der Waals surface area contributed by atoms with Crippen molar-refractivity contribution in [1.82, 2.24) is 0 Å². The van der Waals surface area contributed by atoms with E-state index < -0.39 is 5.91 Å². The predicted octanol–water partition coefficient (Wildman–Crippen LogP) is 1.87. The largest absolute Gasteiger partial charge is 0.274 e. The standard InChI is InChI=1S/C12H12N2O2/c1-2-11(15)14(12(16)8-9-13)10-6-4-3-5-7-10/h3-7H,2,8H2,1H3. The highest BCUT2D eigenvalue weighted by molar-refractivity contribution is 6.15. The highest BCUT2D eigenvalue weighted by Gasteiger charge is 2.20. The molecule has 1 aromatic rings. The van der Waals surface area contributed by atoms with Crippen LogP contribution in [-0.2, 0) is 9.59 Å². The van der Waals surface area contributed by atoms with Crippen LogP contribution in [0.5, 0.6) is 0 Å². The molecular formula is C12H12N2O2. The Morgan fingerprint density at radius 3 is 2.38 bits per heavy atom. The maximum absolute atomic E-state index is 11.6. The van der Waals surface area contributed by atoms with Gasteiger partial charge in [-0.3, -0.25) is 9.59 Å². The molecule has 0 aliphatic rings. The number of amides is 2. The molecule has 2 amide bonds. The number of nitrogens with zero attached hydrogens (tertiary/aromatic N) is 2. The second kappa shape index (κ2) is 5.66. The average Bonchev–Trinajstić information content (AvgIpc) is 2.31. The fraction of sp³-hybridized carbons (Fsp3) is 0.250. The van der Waals surface area contributed by atoms with Crippen LogP contribution < -0.4 is 4.90 Å². The van der Waals surface area contributed by atoms with Crippen LogP contribution in [0.3, 0.4) is 0 Å². The van der Waals surface area contributed by atoms with Gasteiger partial charge in [0.05, 0.1) is 11.8 Å². The van der Waals surface area contributed by atoms with E-state index in [0.717, 1.165) is 4.90 Å². The number of imide groups is 1. The second-order valence-electron chi connectivity index (χ2n) is 3.15. The lowest BCUT2D eigenvalue weighted by atomic mass is 10.2. The molecule has 4 nitrogen and oxygen atoms in total. The van der Waals surface area contributed by atoms with E-state index in [4.69, 9.17) is 5.26 Å². The average molecular weight is 216 g/mol. The van der Waals surface area contributed by atoms with Crippen LogP contribution >= 0.6 is 0 Å². The van der Waals surface area contributed by atoms with Crippen molar-refractivity contribution < 1.29 is 9.59 Å². The minimum absolute atomic E-state index is 0.228. The number of para-hydroxylation sites is 1.